The molecule has 1 aromatic heterocycles. The molecule has 0 radical (unpaired) electrons. The van der Waals surface area contributed by atoms with Crippen molar-refractivity contribution in [2.75, 3.05) is 5.73 Å². The number of aromatic hydroxyl groups is 1. The summed E-state index contributed by atoms with van der Waals surface area (Å²) in [6, 6.07) is 6.60. The van der Waals surface area contributed by atoms with Gasteiger partial charge in [0.15, 0.2) is 0 Å². The van der Waals surface area contributed by atoms with E-state index in [9.17, 15) is 9.90 Å². The van der Waals surface area contributed by atoms with E-state index < -0.39 is 5.91 Å². The fourth-order valence-electron chi connectivity index (χ4n) is 1.27. The van der Waals surface area contributed by atoms with Crippen LogP contribution in [0.4, 0.5) is 5.95 Å². The van der Waals surface area contributed by atoms with Crippen LogP contribution in [0.15, 0.2) is 29.4 Å². The van der Waals surface area contributed by atoms with Gasteiger partial charge in [-0.15, -0.1) is 0 Å². The lowest BCUT2D eigenvalue weighted by Crippen LogP contribution is -2.24. The lowest BCUT2D eigenvalue weighted by Gasteiger charge is -2.00. The van der Waals surface area contributed by atoms with Gasteiger partial charge in [0.25, 0.3) is 5.91 Å². The third-order valence-electron chi connectivity index (χ3n) is 2.18. The highest BCUT2D eigenvalue weighted by Crippen LogP contribution is 2.12. The van der Waals surface area contributed by atoms with Gasteiger partial charge in [-0.2, -0.15) is 5.10 Å². The van der Waals surface area contributed by atoms with Crippen molar-refractivity contribution in [3.8, 4) is 5.75 Å². The van der Waals surface area contributed by atoms with Gasteiger partial charge in [0.05, 0.1) is 6.21 Å². The number of rotatable bonds is 4. The summed E-state index contributed by atoms with van der Waals surface area (Å²) in [6.07, 6.45) is 1.33. The summed E-state index contributed by atoms with van der Waals surface area (Å²) in [5.41, 5.74) is 8.17. The third kappa shape index (κ3) is 3.25. The Morgan fingerprint density at radius 2 is 2.32 bits per heavy atom. The van der Waals surface area contributed by atoms with Crippen LogP contribution in [0.2, 0.25) is 0 Å². The van der Waals surface area contributed by atoms with Gasteiger partial charge in [-0.05, 0) is 22.6 Å². The summed E-state index contributed by atoms with van der Waals surface area (Å²) in [5, 5.41) is 23.4. The molecule has 0 aliphatic carbocycles. The number of phenols is 1. The number of hydrogen-bond acceptors (Lipinski definition) is 7. The smallest absolute Gasteiger partial charge is 0.261 e. The van der Waals surface area contributed by atoms with Gasteiger partial charge in [0.1, 0.15) is 12.3 Å². The van der Waals surface area contributed by atoms with E-state index in [1.165, 1.54) is 12.3 Å². The molecule has 9 heteroatoms. The number of tetrazole rings is 1. The van der Waals surface area contributed by atoms with Crippen LogP contribution in [0, 0.1) is 0 Å². The first-order valence-electron chi connectivity index (χ1n) is 5.28. The summed E-state index contributed by atoms with van der Waals surface area (Å²) >= 11 is 0. The largest absolute Gasteiger partial charge is 0.507 e. The summed E-state index contributed by atoms with van der Waals surface area (Å²) in [5.74, 6) is -0.323. The highest BCUT2D eigenvalue weighted by atomic mass is 16.3. The molecular weight excluding hydrogens is 250 g/mol. The summed E-state index contributed by atoms with van der Waals surface area (Å²) in [6.45, 7) is -0.142. The minimum atomic E-state index is -0.439. The van der Waals surface area contributed by atoms with E-state index in [2.05, 4.69) is 26.1 Å². The number of phenolic OH excluding ortho intramolecular Hbond substituents is 1. The zero-order valence-electron chi connectivity index (χ0n) is 9.76. The van der Waals surface area contributed by atoms with Crippen LogP contribution >= 0.6 is 0 Å². The number of nitrogens with one attached hydrogen (secondary N) is 1. The van der Waals surface area contributed by atoms with Gasteiger partial charge in [0, 0.05) is 5.56 Å². The maximum atomic E-state index is 11.5. The van der Waals surface area contributed by atoms with Crippen LogP contribution < -0.4 is 11.2 Å². The number of carbonyl (C=O) groups is 1. The highest BCUT2D eigenvalue weighted by Gasteiger charge is 2.06. The normalized spacial score (nSPS) is 10.7. The number of nitrogens with zero attached hydrogens (tertiary/aromatic N) is 5. The Hall–Kier alpha value is -2.97. The van der Waals surface area contributed by atoms with Crippen molar-refractivity contribution in [2.45, 2.75) is 6.54 Å². The van der Waals surface area contributed by atoms with Crippen LogP contribution in [0.5, 0.6) is 5.75 Å². The molecule has 1 aromatic carbocycles. The van der Waals surface area contributed by atoms with Crippen LogP contribution in [0.3, 0.4) is 0 Å². The van der Waals surface area contributed by atoms with Gasteiger partial charge >= 0.3 is 0 Å². The fourth-order valence-corrected chi connectivity index (χ4v) is 1.27. The molecular formula is C10H11N7O2. The molecule has 1 heterocycles. The molecule has 0 aliphatic heterocycles. The Labute approximate surface area is 107 Å². The average Bonchev–Trinajstić information content (AvgIpc) is 2.77. The summed E-state index contributed by atoms with van der Waals surface area (Å²) < 4.78 is 1.13. The van der Waals surface area contributed by atoms with E-state index in [-0.39, 0.29) is 18.2 Å². The van der Waals surface area contributed by atoms with Gasteiger partial charge in [-0.1, -0.05) is 17.2 Å². The molecule has 0 spiro atoms. The average molecular weight is 261 g/mol. The molecule has 2 aromatic rings. The number of benzene rings is 1. The lowest BCUT2D eigenvalue weighted by atomic mass is 10.2. The lowest BCUT2D eigenvalue weighted by molar-refractivity contribution is -0.121. The van der Waals surface area contributed by atoms with E-state index in [1.54, 1.807) is 18.2 Å². The Kier molecular flexibility index (Phi) is 3.67. The van der Waals surface area contributed by atoms with Gasteiger partial charge in [0.2, 0.25) is 5.95 Å². The summed E-state index contributed by atoms with van der Waals surface area (Å²) in [4.78, 5) is 11.5. The van der Waals surface area contributed by atoms with Gasteiger partial charge < -0.3 is 10.8 Å². The van der Waals surface area contributed by atoms with Crippen molar-refractivity contribution in [1.82, 2.24) is 25.6 Å². The minimum Gasteiger partial charge on any atom is -0.507 e. The monoisotopic (exact) mass is 261 g/mol. The second-order valence-corrected chi connectivity index (χ2v) is 3.55. The molecule has 0 aliphatic rings. The molecule has 0 atom stereocenters. The molecule has 1 amide bonds. The van der Waals surface area contributed by atoms with Crippen molar-refractivity contribution >= 4 is 18.1 Å². The van der Waals surface area contributed by atoms with Crippen LogP contribution in [0.25, 0.3) is 0 Å². The second kappa shape index (κ2) is 5.58. The zero-order valence-corrected chi connectivity index (χ0v) is 9.76. The Morgan fingerprint density at radius 3 is 3.00 bits per heavy atom. The number of anilines is 1. The van der Waals surface area contributed by atoms with E-state index >= 15 is 0 Å². The SMILES string of the molecule is Nc1nnnn1CC(=O)N/N=C/c1ccccc1O. The van der Waals surface area contributed by atoms with Gasteiger partial charge in [-0.3, -0.25) is 4.79 Å². The number of amides is 1. The topological polar surface area (TPSA) is 131 Å². The number of carbonyl (C=O) groups excluding carboxylic acids is 1. The molecule has 0 fully saturated rings. The minimum absolute atomic E-state index is 0.0415. The highest BCUT2D eigenvalue weighted by molar-refractivity contribution is 5.84. The number of hydrazone groups is 1. The number of para-hydroxylation sites is 1. The molecule has 9 nitrogen and oxygen atoms in total. The first-order valence-corrected chi connectivity index (χ1v) is 5.28. The molecule has 98 valence electrons. The molecule has 4 N–H and O–H groups in total. The Balaban J connectivity index is 1.91. The predicted molar refractivity (Wildman–Crippen MR) is 66.1 cm³/mol. The Morgan fingerprint density at radius 1 is 1.53 bits per heavy atom. The first kappa shape index (κ1) is 12.5. The number of nitrogen functional groups attached to an aromatic ring is 1. The Bertz CT molecular complexity index is 607. The van der Waals surface area contributed by atoms with E-state index in [4.69, 9.17) is 5.73 Å². The van der Waals surface area contributed by atoms with E-state index in [0.29, 0.717) is 5.56 Å². The number of hydrogen-bond donors (Lipinski definition) is 3. The van der Waals surface area contributed by atoms with Crippen molar-refractivity contribution < 1.29 is 9.90 Å². The zero-order chi connectivity index (χ0) is 13.7. The molecule has 0 unspecified atom stereocenters. The van der Waals surface area contributed by atoms with Crippen molar-refractivity contribution in [3.05, 3.63) is 29.8 Å². The number of aromatic nitrogens is 4. The molecule has 2 rings (SSSR count). The van der Waals surface area contributed by atoms with E-state index in [1.807, 2.05) is 0 Å². The van der Waals surface area contributed by atoms with Crippen LogP contribution in [-0.2, 0) is 11.3 Å². The second-order valence-electron chi connectivity index (χ2n) is 3.55. The maximum absolute atomic E-state index is 11.5. The van der Waals surface area contributed by atoms with Crippen LogP contribution in [0.1, 0.15) is 5.56 Å². The summed E-state index contributed by atoms with van der Waals surface area (Å²) in [7, 11) is 0. The maximum Gasteiger partial charge on any atom is 0.261 e. The molecule has 0 saturated heterocycles. The van der Waals surface area contributed by atoms with Gasteiger partial charge in [-0.25, -0.2) is 10.1 Å². The molecule has 19 heavy (non-hydrogen) atoms. The fraction of sp³-hybridized carbons (Fsp3) is 0.100. The van der Waals surface area contributed by atoms with E-state index in [0.717, 1.165) is 4.68 Å². The first-order chi connectivity index (χ1) is 9.16. The quantitative estimate of drug-likeness (QED) is 0.483. The van der Waals surface area contributed by atoms with Crippen molar-refractivity contribution in [1.29, 1.82) is 0 Å². The third-order valence-corrected chi connectivity index (χ3v) is 2.18. The number of nitrogens with two attached hydrogens (primary N) is 1. The predicted octanol–water partition coefficient (Wildman–Crippen LogP) is -0.889. The molecule has 0 saturated carbocycles. The molecule has 0 bridgehead atoms. The van der Waals surface area contributed by atoms with Crippen LogP contribution in [-0.4, -0.2) is 37.4 Å². The standard InChI is InChI=1S/C10H11N7O2/c11-10-14-15-16-17(10)6-9(19)13-12-5-7-3-1-2-4-8(7)18/h1-5,18H,6H2,(H,13,19)(H2,11,14,16)/b12-5+. The van der Waals surface area contributed by atoms with Crippen molar-refractivity contribution in [2.24, 2.45) is 5.10 Å². The van der Waals surface area contributed by atoms with Crippen molar-refractivity contribution in [3.63, 3.8) is 0 Å².